The highest BCUT2D eigenvalue weighted by Crippen LogP contribution is 2.28. The van der Waals surface area contributed by atoms with E-state index in [-0.39, 0.29) is 11.8 Å². The Morgan fingerprint density at radius 1 is 1.25 bits per heavy atom. The molecule has 0 aromatic heterocycles. The average Bonchev–Trinajstić information content (AvgIpc) is 2.92. The van der Waals surface area contributed by atoms with E-state index in [1.54, 1.807) is 0 Å². The molecule has 2 aliphatic rings. The Labute approximate surface area is 121 Å². The van der Waals surface area contributed by atoms with E-state index in [0.717, 1.165) is 51.6 Å². The van der Waals surface area contributed by atoms with Crippen LogP contribution in [0.25, 0.3) is 0 Å². The van der Waals surface area contributed by atoms with Gasteiger partial charge in [-0.05, 0) is 44.7 Å². The maximum Gasteiger partial charge on any atom is 0.245 e. The van der Waals surface area contributed by atoms with E-state index < -0.39 is 5.54 Å². The third-order valence-electron chi connectivity index (χ3n) is 4.56. The highest BCUT2D eigenvalue weighted by molar-refractivity contribution is 5.91. The Hall–Kier alpha value is -1.10. The van der Waals surface area contributed by atoms with Gasteiger partial charge in [0.05, 0.1) is 0 Å². The monoisotopic (exact) mass is 281 g/mol. The van der Waals surface area contributed by atoms with Crippen LogP contribution in [0, 0.1) is 5.92 Å². The highest BCUT2D eigenvalue weighted by atomic mass is 16.2. The molecule has 1 unspecified atom stereocenters. The number of amides is 2. The molecule has 0 aromatic rings. The third-order valence-corrected chi connectivity index (χ3v) is 4.56. The first-order chi connectivity index (χ1) is 9.62. The van der Waals surface area contributed by atoms with Gasteiger partial charge in [-0.3, -0.25) is 9.59 Å². The van der Waals surface area contributed by atoms with E-state index in [0.29, 0.717) is 12.5 Å². The van der Waals surface area contributed by atoms with Crippen molar-refractivity contribution in [3.8, 4) is 0 Å². The topological polar surface area (TPSA) is 70.2 Å². The average molecular weight is 281 g/mol. The summed E-state index contributed by atoms with van der Waals surface area (Å²) < 4.78 is 0. The molecule has 2 amide bonds. The summed E-state index contributed by atoms with van der Waals surface area (Å²) in [7, 11) is 0. The minimum absolute atomic E-state index is 0.0124. The molecular formula is C15H27N3O2. The Bertz CT molecular complexity index is 345. The van der Waals surface area contributed by atoms with E-state index in [2.05, 4.69) is 16.0 Å². The minimum atomic E-state index is -0.655. The minimum Gasteiger partial charge on any atom is -0.354 e. The maximum absolute atomic E-state index is 12.5. The van der Waals surface area contributed by atoms with Crippen LogP contribution in [-0.4, -0.2) is 37.0 Å². The second kappa shape index (κ2) is 7.07. The van der Waals surface area contributed by atoms with Gasteiger partial charge < -0.3 is 16.0 Å². The molecule has 1 aliphatic carbocycles. The molecule has 5 heteroatoms. The first-order valence-corrected chi connectivity index (χ1v) is 7.90. The van der Waals surface area contributed by atoms with Crippen LogP contribution in [0.5, 0.6) is 0 Å². The lowest BCUT2D eigenvalue weighted by molar-refractivity contribution is -0.134. The van der Waals surface area contributed by atoms with E-state index in [1.807, 2.05) is 0 Å². The summed E-state index contributed by atoms with van der Waals surface area (Å²) in [5.41, 5.74) is -0.655. The molecule has 1 aliphatic heterocycles. The second-order valence-corrected chi connectivity index (χ2v) is 6.23. The number of rotatable bonds is 5. The van der Waals surface area contributed by atoms with Crippen LogP contribution in [-0.2, 0) is 9.59 Å². The molecule has 114 valence electrons. The smallest absolute Gasteiger partial charge is 0.245 e. The lowest BCUT2D eigenvalue weighted by Gasteiger charge is -2.36. The van der Waals surface area contributed by atoms with Gasteiger partial charge in [-0.15, -0.1) is 0 Å². The highest BCUT2D eigenvalue weighted by Gasteiger charge is 2.39. The summed E-state index contributed by atoms with van der Waals surface area (Å²) in [6, 6.07) is 0. The maximum atomic E-state index is 12.5. The number of carbonyl (C=O) groups excluding carboxylic acids is 2. The van der Waals surface area contributed by atoms with Crippen molar-refractivity contribution in [1.82, 2.24) is 16.0 Å². The van der Waals surface area contributed by atoms with E-state index in [1.165, 1.54) is 13.3 Å². The molecular weight excluding hydrogens is 254 g/mol. The Morgan fingerprint density at radius 2 is 2.00 bits per heavy atom. The van der Waals surface area contributed by atoms with Crippen LogP contribution in [0.15, 0.2) is 0 Å². The van der Waals surface area contributed by atoms with E-state index in [4.69, 9.17) is 0 Å². The number of hydrogen-bond acceptors (Lipinski definition) is 3. The molecule has 3 N–H and O–H groups in total. The van der Waals surface area contributed by atoms with Crippen molar-refractivity contribution in [2.24, 2.45) is 5.92 Å². The Balaban J connectivity index is 1.83. The summed E-state index contributed by atoms with van der Waals surface area (Å²) in [5.74, 6) is 0.582. The zero-order chi connectivity index (χ0) is 14.4. The van der Waals surface area contributed by atoms with Gasteiger partial charge in [0.1, 0.15) is 5.54 Å². The van der Waals surface area contributed by atoms with Gasteiger partial charge in [0.15, 0.2) is 0 Å². The molecule has 0 aromatic carbocycles. The quantitative estimate of drug-likeness (QED) is 0.702. The standard InChI is InChI=1S/C15H27N3O2/c1-12(19)18-15(7-3-2-4-8-15)14(20)17-10-6-13-5-9-16-11-13/h13,16H,2-11H2,1H3,(H,17,20)(H,18,19). The normalized spacial score (nSPS) is 25.1. The predicted molar refractivity (Wildman–Crippen MR) is 78.2 cm³/mol. The molecule has 0 bridgehead atoms. The van der Waals surface area contributed by atoms with Gasteiger partial charge >= 0.3 is 0 Å². The summed E-state index contributed by atoms with van der Waals surface area (Å²) in [6.45, 7) is 4.36. The first kappa shape index (κ1) is 15.3. The molecule has 5 nitrogen and oxygen atoms in total. The van der Waals surface area contributed by atoms with Gasteiger partial charge in [-0.2, -0.15) is 0 Å². The molecule has 2 rings (SSSR count). The van der Waals surface area contributed by atoms with Crippen LogP contribution in [0.3, 0.4) is 0 Å². The summed E-state index contributed by atoms with van der Waals surface area (Å²) >= 11 is 0. The predicted octanol–water partition coefficient (Wildman–Crippen LogP) is 0.941. The lowest BCUT2D eigenvalue weighted by atomic mass is 9.80. The van der Waals surface area contributed by atoms with Gasteiger partial charge in [0.25, 0.3) is 0 Å². The van der Waals surface area contributed by atoms with E-state index >= 15 is 0 Å². The van der Waals surface area contributed by atoms with Gasteiger partial charge in [-0.1, -0.05) is 19.3 Å². The Morgan fingerprint density at radius 3 is 2.60 bits per heavy atom. The zero-order valence-electron chi connectivity index (χ0n) is 12.5. The molecule has 1 saturated heterocycles. The zero-order valence-corrected chi connectivity index (χ0v) is 12.5. The molecule has 1 atom stereocenters. The van der Waals surface area contributed by atoms with Crippen LogP contribution < -0.4 is 16.0 Å². The van der Waals surface area contributed by atoms with Crippen molar-refractivity contribution in [2.45, 2.75) is 57.4 Å². The van der Waals surface area contributed by atoms with Crippen LogP contribution in [0.4, 0.5) is 0 Å². The van der Waals surface area contributed by atoms with Crippen LogP contribution in [0.1, 0.15) is 51.9 Å². The van der Waals surface area contributed by atoms with Crippen LogP contribution >= 0.6 is 0 Å². The number of nitrogens with one attached hydrogen (secondary N) is 3. The summed E-state index contributed by atoms with van der Waals surface area (Å²) in [5, 5.41) is 9.29. The lowest BCUT2D eigenvalue weighted by Crippen LogP contribution is -2.59. The fourth-order valence-electron chi connectivity index (χ4n) is 3.42. The van der Waals surface area contributed by atoms with Crippen molar-refractivity contribution in [2.75, 3.05) is 19.6 Å². The first-order valence-electron chi connectivity index (χ1n) is 7.90. The molecule has 1 saturated carbocycles. The number of hydrogen-bond donors (Lipinski definition) is 3. The van der Waals surface area contributed by atoms with Crippen molar-refractivity contribution >= 4 is 11.8 Å². The molecule has 2 fully saturated rings. The van der Waals surface area contributed by atoms with Gasteiger partial charge in [0.2, 0.25) is 11.8 Å². The Kier molecular flexibility index (Phi) is 5.40. The molecule has 20 heavy (non-hydrogen) atoms. The summed E-state index contributed by atoms with van der Waals surface area (Å²) in [6.07, 6.45) is 6.94. The molecule has 1 heterocycles. The fourth-order valence-corrected chi connectivity index (χ4v) is 3.42. The third kappa shape index (κ3) is 3.95. The van der Waals surface area contributed by atoms with Gasteiger partial charge in [-0.25, -0.2) is 0 Å². The van der Waals surface area contributed by atoms with Crippen molar-refractivity contribution in [3.63, 3.8) is 0 Å². The van der Waals surface area contributed by atoms with Crippen molar-refractivity contribution < 1.29 is 9.59 Å². The van der Waals surface area contributed by atoms with Crippen LogP contribution in [0.2, 0.25) is 0 Å². The molecule has 0 radical (unpaired) electrons. The second-order valence-electron chi connectivity index (χ2n) is 6.23. The fraction of sp³-hybridized carbons (Fsp3) is 0.867. The SMILES string of the molecule is CC(=O)NC1(C(=O)NCCC2CCNC2)CCCCC1. The van der Waals surface area contributed by atoms with Gasteiger partial charge in [0, 0.05) is 13.5 Å². The van der Waals surface area contributed by atoms with Crippen molar-refractivity contribution in [3.05, 3.63) is 0 Å². The molecule has 0 spiro atoms. The summed E-state index contributed by atoms with van der Waals surface area (Å²) in [4.78, 5) is 23.9. The number of carbonyl (C=O) groups is 2. The van der Waals surface area contributed by atoms with E-state index in [9.17, 15) is 9.59 Å². The largest absolute Gasteiger partial charge is 0.354 e. The van der Waals surface area contributed by atoms with Crippen molar-refractivity contribution in [1.29, 1.82) is 0 Å².